The number of hydrogen-bond donors (Lipinski definition) is 1. The second kappa shape index (κ2) is 10.4. The molecule has 2 aromatic carbocycles. The number of rotatable bonds is 8. The van der Waals surface area contributed by atoms with E-state index in [1.54, 1.807) is 48.8 Å². The molecule has 188 valence electrons. The SMILES string of the molecule is CCCOc1cccc(C(O)=C2C(=O)C(=O)N(c3nc4ccc(OCC)cc4s3)C2c2cccnc2)c1. The van der Waals surface area contributed by atoms with Gasteiger partial charge in [-0.1, -0.05) is 36.5 Å². The van der Waals surface area contributed by atoms with E-state index < -0.39 is 17.7 Å². The first-order chi connectivity index (χ1) is 18.0. The van der Waals surface area contributed by atoms with Gasteiger partial charge in [0.1, 0.15) is 17.3 Å². The second-order valence-electron chi connectivity index (χ2n) is 8.39. The first-order valence-electron chi connectivity index (χ1n) is 12.0. The van der Waals surface area contributed by atoms with Crippen molar-refractivity contribution in [1.29, 1.82) is 0 Å². The number of carbonyl (C=O) groups is 2. The number of benzene rings is 2. The molecule has 0 aliphatic carbocycles. The topological polar surface area (TPSA) is 102 Å². The van der Waals surface area contributed by atoms with Gasteiger partial charge >= 0.3 is 5.91 Å². The number of aromatic nitrogens is 2. The lowest BCUT2D eigenvalue weighted by molar-refractivity contribution is -0.132. The maximum Gasteiger partial charge on any atom is 0.301 e. The van der Waals surface area contributed by atoms with E-state index in [4.69, 9.17) is 9.47 Å². The Kier molecular flexibility index (Phi) is 6.87. The summed E-state index contributed by atoms with van der Waals surface area (Å²) < 4.78 is 12.1. The maximum atomic E-state index is 13.4. The molecule has 9 heteroatoms. The third-order valence-electron chi connectivity index (χ3n) is 5.89. The summed E-state index contributed by atoms with van der Waals surface area (Å²) in [4.78, 5) is 37.0. The zero-order valence-corrected chi connectivity index (χ0v) is 21.2. The molecular formula is C28H25N3O5S. The van der Waals surface area contributed by atoms with Crippen molar-refractivity contribution in [3.8, 4) is 11.5 Å². The van der Waals surface area contributed by atoms with Crippen LogP contribution in [0.1, 0.15) is 37.4 Å². The number of nitrogens with zero attached hydrogens (tertiary/aromatic N) is 3. The van der Waals surface area contributed by atoms with Crippen molar-refractivity contribution in [3.05, 3.63) is 83.7 Å². The van der Waals surface area contributed by atoms with Crippen LogP contribution in [0.3, 0.4) is 0 Å². The Bertz CT molecular complexity index is 1500. The molecule has 0 saturated carbocycles. The molecule has 1 saturated heterocycles. The van der Waals surface area contributed by atoms with E-state index in [9.17, 15) is 14.7 Å². The lowest BCUT2D eigenvalue weighted by Gasteiger charge is -2.22. The molecule has 1 aliphatic heterocycles. The number of aliphatic hydroxyl groups is 1. The van der Waals surface area contributed by atoms with Gasteiger partial charge in [0.05, 0.1) is 35.0 Å². The number of fused-ring (bicyclic) bond motifs is 1. The molecule has 1 aliphatic rings. The van der Waals surface area contributed by atoms with Crippen molar-refractivity contribution in [2.24, 2.45) is 0 Å². The number of anilines is 1. The van der Waals surface area contributed by atoms with E-state index in [-0.39, 0.29) is 11.3 Å². The first-order valence-corrected chi connectivity index (χ1v) is 12.8. The standard InChI is InChI=1S/C28H25N3O5S/c1-3-13-36-19-9-5-7-17(14-19)25(32)23-24(18-8-6-12-29-16-18)31(27(34)26(23)33)28-30-21-11-10-20(35-4-2)15-22(21)37-28/h5-12,14-16,24,32H,3-4,13H2,1-2H3. The van der Waals surface area contributed by atoms with Crippen LogP contribution in [0.15, 0.2) is 72.6 Å². The quantitative estimate of drug-likeness (QED) is 0.188. The van der Waals surface area contributed by atoms with Crippen LogP contribution >= 0.6 is 11.3 Å². The summed E-state index contributed by atoms with van der Waals surface area (Å²) in [6, 6.07) is 14.9. The molecule has 5 rings (SSSR count). The van der Waals surface area contributed by atoms with Crippen molar-refractivity contribution in [3.63, 3.8) is 0 Å². The minimum atomic E-state index is -0.902. The molecule has 1 unspecified atom stereocenters. The van der Waals surface area contributed by atoms with E-state index in [1.165, 1.54) is 16.2 Å². The Morgan fingerprint density at radius 1 is 1.05 bits per heavy atom. The zero-order valence-electron chi connectivity index (χ0n) is 20.4. The molecule has 1 amide bonds. The molecule has 2 aromatic heterocycles. The van der Waals surface area contributed by atoms with Gasteiger partial charge in [-0.05, 0) is 55.3 Å². The summed E-state index contributed by atoms with van der Waals surface area (Å²) >= 11 is 1.28. The maximum absolute atomic E-state index is 13.4. The predicted octanol–water partition coefficient (Wildman–Crippen LogP) is 5.51. The van der Waals surface area contributed by atoms with E-state index in [1.807, 2.05) is 32.0 Å². The van der Waals surface area contributed by atoms with Crippen molar-refractivity contribution in [1.82, 2.24) is 9.97 Å². The van der Waals surface area contributed by atoms with Crippen molar-refractivity contribution in [2.45, 2.75) is 26.3 Å². The Hall–Kier alpha value is -4.24. The number of carbonyl (C=O) groups excluding carboxylic acids is 2. The molecule has 0 bridgehead atoms. The molecule has 4 aromatic rings. The second-order valence-corrected chi connectivity index (χ2v) is 9.40. The molecule has 1 fully saturated rings. The Balaban J connectivity index is 1.64. The third-order valence-corrected chi connectivity index (χ3v) is 6.91. The highest BCUT2D eigenvalue weighted by Gasteiger charge is 2.48. The Labute approximate surface area is 217 Å². The van der Waals surface area contributed by atoms with Crippen LogP contribution in [-0.4, -0.2) is 40.0 Å². The number of ether oxygens (including phenoxy) is 2. The highest BCUT2D eigenvalue weighted by atomic mass is 32.1. The lowest BCUT2D eigenvalue weighted by atomic mass is 9.96. The number of Topliss-reactive ketones (excluding diaryl/α,β-unsaturated/α-hetero) is 1. The molecule has 3 heterocycles. The van der Waals surface area contributed by atoms with Crippen molar-refractivity contribution >= 4 is 44.1 Å². The largest absolute Gasteiger partial charge is 0.507 e. The normalized spacial score (nSPS) is 16.9. The van der Waals surface area contributed by atoms with Crippen LogP contribution in [-0.2, 0) is 9.59 Å². The minimum absolute atomic E-state index is 0.0279. The van der Waals surface area contributed by atoms with Gasteiger partial charge in [0.2, 0.25) is 0 Å². The summed E-state index contributed by atoms with van der Waals surface area (Å²) in [5, 5.41) is 11.7. The lowest BCUT2D eigenvalue weighted by Crippen LogP contribution is -2.29. The summed E-state index contributed by atoms with van der Waals surface area (Å²) in [5.41, 5.74) is 1.61. The fraction of sp³-hybridized carbons (Fsp3) is 0.214. The summed E-state index contributed by atoms with van der Waals surface area (Å²) in [5.74, 6) is -0.578. The van der Waals surface area contributed by atoms with Gasteiger partial charge in [-0.25, -0.2) is 4.98 Å². The predicted molar refractivity (Wildman–Crippen MR) is 142 cm³/mol. The molecule has 37 heavy (non-hydrogen) atoms. The number of aliphatic hydroxyl groups excluding tert-OH is 1. The van der Waals surface area contributed by atoms with Gasteiger partial charge < -0.3 is 14.6 Å². The van der Waals surface area contributed by atoms with Gasteiger partial charge in [-0.15, -0.1) is 0 Å². The van der Waals surface area contributed by atoms with Crippen LogP contribution in [0, 0.1) is 0 Å². The molecule has 1 atom stereocenters. The number of ketones is 1. The molecule has 8 nitrogen and oxygen atoms in total. The number of pyridine rings is 1. The van der Waals surface area contributed by atoms with Crippen LogP contribution in [0.5, 0.6) is 11.5 Å². The van der Waals surface area contributed by atoms with Gasteiger partial charge in [-0.2, -0.15) is 0 Å². The van der Waals surface area contributed by atoms with Gasteiger partial charge in [0, 0.05) is 18.0 Å². The van der Waals surface area contributed by atoms with Crippen LogP contribution in [0.25, 0.3) is 16.0 Å². The zero-order chi connectivity index (χ0) is 25.9. The monoisotopic (exact) mass is 515 g/mol. The van der Waals surface area contributed by atoms with E-state index >= 15 is 0 Å². The van der Waals surface area contributed by atoms with Gasteiger partial charge in [-0.3, -0.25) is 19.5 Å². The average Bonchev–Trinajstić information content (AvgIpc) is 3.45. The number of amides is 1. The fourth-order valence-corrected chi connectivity index (χ4v) is 5.26. The Morgan fingerprint density at radius 3 is 2.65 bits per heavy atom. The van der Waals surface area contributed by atoms with E-state index in [0.717, 1.165) is 11.1 Å². The Morgan fingerprint density at radius 2 is 1.89 bits per heavy atom. The first kappa shape index (κ1) is 24.5. The fourth-order valence-electron chi connectivity index (χ4n) is 4.24. The molecule has 0 radical (unpaired) electrons. The smallest absolute Gasteiger partial charge is 0.301 e. The molecule has 1 N–H and O–H groups in total. The summed E-state index contributed by atoms with van der Waals surface area (Å²) in [7, 11) is 0. The number of thiazole rings is 1. The van der Waals surface area contributed by atoms with Gasteiger partial charge in [0.25, 0.3) is 5.78 Å². The van der Waals surface area contributed by atoms with Crippen LogP contribution in [0.4, 0.5) is 5.13 Å². The van der Waals surface area contributed by atoms with Crippen molar-refractivity contribution < 1.29 is 24.2 Å². The molecule has 0 spiro atoms. The summed E-state index contributed by atoms with van der Waals surface area (Å²) in [6.45, 7) is 4.95. The highest BCUT2D eigenvalue weighted by molar-refractivity contribution is 7.22. The third kappa shape index (κ3) is 4.65. The summed E-state index contributed by atoms with van der Waals surface area (Å²) in [6.07, 6.45) is 4.02. The average molecular weight is 516 g/mol. The number of hydrogen-bond acceptors (Lipinski definition) is 8. The minimum Gasteiger partial charge on any atom is -0.507 e. The van der Waals surface area contributed by atoms with E-state index in [0.29, 0.717) is 46.5 Å². The van der Waals surface area contributed by atoms with E-state index in [2.05, 4.69) is 9.97 Å². The van der Waals surface area contributed by atoms with Crippen molar-refractivity contribution in [2.75, 3.05) is 18.1 Å². The molecular weight excluding hydrogens is 490 g/mol. The van der Waals surface area contributed by atoms with Crippen LogP contribution in [0.2, 0.25) is 0 Å². The van der Waals surface area contributed by atoms with Crippen LogP contribution < -0.4 is 14.4 Å². The highest BCUT2D eigenvalue weighted by Crippen LogP contribution is 2.44. The van der Waals surface area contributed by atoms with Gasteiger partial charge in [0.15, 0.2) is 5.13 Å².